The Labute approximate surface area is 115 Å². The van der Waals surface area contributed by atoms with Crippen LogP contribution in [-0.4, -0.2) is 23.1 Å². The summed E-state index contributed by atoms with van der Waals surface area (Å²) in [6.45, 7) is 6.85. The summed E-state index contributed by atoms with van der Waals surface area (Å²) in [6.07, 6.45) is 7.49. The normalized spacial score (nSPS) is 21.1. The van der Waals surface area contributed by atoms with Crippen LogP contribution in [0.4, 0.5) is 5.82 Å². The Balaban J connectivity index is 2.00. The van der Waals surface area contributed by atoms with E-state index in [4.69, 9.17) is 11.6 Å². The second-order valence-electron chi connectivity index (χ2n) is 5.42. The molecule has 0 radical (unpaired) electrons. The molecule has 1 aliphatic heterocycles. The Bertz CT molecular complexity index is 364. The van der Waals surface area contributed by atoms with Crippen LogP contribution in [0.2, 0.25) is 0 Å². The van der Waals surface area contributed by atoms with E-state index in [-0.39, 0.29) is 0 Å². The van der Waals surface area contributed by atoms with Crippen molar-refractivity contribution in [2.24, 2.45) is 11.8 Å². The van der Waals surface area contributed by atoms with Gasteiger partial charge in [-0.05, 0) is 31.1 Å². The Morgan fingerprint density at radius 2 is 2.11 bits per heavy atom. The van der Waals surface area contributed by atoms with Crippen LogP contribution >= 0.6 is 11.6 Å². The molecule has 1 unspecified atom stereocenters. The third kappa shape index (κ3) is 3.35. The van der Waals surface area contributed by atoms with E-state index in [1.54, 1.807) is 6.20 Å². The predicted molar refractivity (Wildman–Crippen MR) is 76.0 cm³/mol. The number of halogens is 1. The summed E-state index contributed by atoms with van der Waals surface area (Å²) in [5.41, 5.74) is 0.843. The van der Waals surface area contributed by atoms with Crippen LogP contribution in [0.5, 0.6) is 0 Å². The van der Waals surface area contributed by atoms with E-state index in [0.717, 1.165) is 36.4 Å². The minimum Gasteiger partial charge on any atom is -0.355 e. The van der Waals surface area contributed by atoms with Crippen molar-refractivity contribution < 1.29 is 0 Å². The molecule has 2 rings (SSSR count). The third-order valence-corrected chi connectivity index (χ3v) is 4.14. The smallest absolute Gasteiger partial charge is 0.147 e. The molecule has 1 aromatic heterocycles. The van der Waals surface area contributed by atoms with E-state index < -0.39 is 0 Å². The minimum absolute atomic E-state index is 0.433. The Morgan fingerprint density at radius 1 is 1.28 bits per heavy atom. The number of alkyl halides is 1. The quantitative estimate of drug-likeness (QED) is 0.785. The van der Waals surface area contributed by atoms with Gasteiger partial charge >= 0.3 is 0 Å². The molecule has 3 nitrogen and oxygen atoms in total. The molecule has 4 heteroatoms. The first-order valence-electron chi connectivity index (χ1n) is 6.82. The van der Waals surface area contributed by atoms with E-state index in [0.29, 0.717) is 5.88 Å². The largest absolute Gasteiger partial charge is 0.355 e. The van der Waals surface area contributed by atoms with Crippen molar-refractivity contribution >= 4 is 17.4 Å². The van der Waals surface area contributed by atoms with Crippen molar-refractivity contribution in [2.45, 2.75) is 39.0 Å². The van der Waals surface area contributed by atoms with Crippen molar-refractivity contribution in [3.8, 4) is 0 Å². The molecule has 1 aliphatic rings. The molecule has 1 fully saturated rings. The summed E-state index contributed by atoms with van der Waals surface area (Å²) in [5.74, 6) is 3.07. The van der Waals surface area contributed by atoms with Gasteiger partial charge in [0.2, 0.25) is 0 Å². The lowest BCUT2D eigenvalue weighted by molar-refractivity contribution is 0.351. The number of hydrogen-bond acceptors (Lipinski definition) is 3. The highest BCUT2D eigenvalue weighted by Gasteiger charge is 2.20. The predicted octanol–water partition coefficient (Wildman–Crippen LogP) is 3.48. The SMILES string of the molecule is CC(C)C1CCCN(c2cnc(CCl)cn2)CC1. The van der Waals surface area contributed by atoms with Gasteiger partial charge in [0, 0.05) is 13.1 Å². The van der Waals surface area contributed by atoms with E-state index in [2.05, 4.69) is 28.7 Å². The first-order chi connectivity index (χ1) is 8.70. The van der Waals surface area contributed by atoms with Crippen LogP contribution in [0.1, 0.15) is 38.8 Å². The minimum atomic E-state index is 0.433. The van der Waals surface area contributed by atoms with Crippen LogP contribution in [0.15, 0.2) is 12.4 Å². The van der Waals surface area contributed by atoms with E-state index in [9.17, 15) is 0 Å². The van der Waals surface area contributed by atoms with Gasteiger partial charge in [0.1, 0.15) is 5.82 Å². The number of aromatic nitrogens is 2. The molecule has 1 atom stereocenters. The molecule has 0 bridgehead atoms. The molecule has 18 heavy (non-hydrogen) atoms. The van der Waals surface area contributed by atoms with Crippen molar-refractivity contribution in [2.75, 3.05) is 18.0 Å². The number of anilines is 1. The second-order valence-corrected chi connectivity index (χ2v) is 5.69. The summed E-state index contributed by atoms with van der Waals surface area (Å²) in [7, 11) is 0. The van der Waals surface area contributed by atoms with Gasteiger partial charge in [-0.1, -0.05) is 13.8 Å². The number of hydrogen-bond donors (Lipinski definition) is 0. The summed E-state index contributed by atoms with van der Waals surface area (Å²) in [6, 6.07) is 0. The lowest BCUT2D eigenvalue weighted by atomic mass is 9.89. The lowest BCUT2D eigenvalue weighted by Crippen LogP contribution is -2.25. The zero-order valence-electron chi connectivity index (χ0n) is 11.3. The van der Waals surface area contributed by atoms with E-state index >= 15 is 0 Å². The fourth-order valence-electron chi connectivity index (χ4n) is 2.60. The Kier molecular flexibility index (Phi) is 4.81. The lowest BCUT2D eigenvalue weighted by Gasteiger charge is -2.22. The monoisotopic (exact) mass is 267 g/mol. The van der Waals surface area contributed by atoms with Crippen molar-refractivity contribution in [3.05, 3.63) is 18.1 Å². The first kappa shape index (κ1) is 13.6. The summed E-state index contributed by atoms with van der Waals surface area (Å²) >= 11 is 5.73. The maximum absolute atomic E-state index is 5.73. The maximum atomic E-state index is 5.73. The zero-order chi connectivity index (χ0) is 13.0. The van der Waals surface area contributed by atoms with E-state index in [1.807, 2.05) is 6.20 Å². The molecular formula is C14H22ClN3. The van der Waals surface area contributed by atoms with Crippen LogP contribution in [-0.2, 0) is 5.88 Å². The van der Waals surface area contributed by atoms with Gasteiger partial charge in [0.05, 0.1) is 24.0 Å². The van der Waals surface area contributed by atoms with Gasteiger partial charge in [-0.25, -0.2) is 4.98 Å². The van der Waals surface area contributed by atoms with Gasteiger partial charge in [0.25, 0.3) is 0 Å². The molecule has 0 saturated carbocycles. The van der Waals surface area contributed by atoms with Gasteiger partial charge in [-0.15, -0.1) is 11.6 Å². The van der Waals surface area contributed by atoms with Crippen LogP contribution in [0, 0.1) is 11.8 Å². The molecule has 100 valence electrons. The van der Waals surface area contributed by atoms with Crippen molar-refractivity contribution in [1.82, 2.24) is 9.97 Å². The summed E-state index contributed by atoms with van der Waals surface area (Å²) < 4.78 is 0. The fourth-order valence-corrected chi connectivity index (χ4v) is 2.74. The molecule has 0 aromatic carbocycles. The summed E-state index contributed by atoms with van der Waals surface area (Å²) in [5, 5.41) is 0. The average Bonchev–Trinajstić information content (AvgIpc) is 2.64. The Hall–Kier alpha value is -0.830. The Morgan fingerprint density at radius 3 is 2.72 bits per heavy atom. The standard InChI is InChI=1S/C14H22ClN3/c1-11(2)12-4-3-6-18(7-5-12)14-10-16-13(8-15)9-17-14/h9-12H,3-8H2,1-2H3. The molecule has 0 spiro atoms. The van der Waals surface area contributed by atoms with Gasteiger partial charge in [0.15, 0.2) is 0 Å². The van der Waals surface area contributed by atoms with E-state index in [1.165, 1.54) is 19.3 Å². The molecule has 1 saturated heterocycles. The molecule has 0 aliphatic carbocycles. The highest BCUT2D eigenvalue weighted by Crippen LogP contribution is 2.26. The molecule has 0 amide bonds. The van der Waals surface area contributed by atoms with Crippen LogP contribution in [0.25, 0.3) is 0 Å². The topological polar surface area (TPSA) is 29.0 Å². The van der Waals surface area contributed by atoms with Gasteiger partial charge < -0.3 is 4.90 Å². The molecular weight excluding hydrogens is 246 g/mol. The highest BCUT2D eigenvalue weighted by atomic mass is 35.5. The van der Waals surface area contributed by atoms with Crippen LogP contribution in [0.3, 0.4) is 0 Å². The highest BCUT2D eigenvalue weighted by molar-refractivity contribution is 6.16. The zero-order valence-corrected chi connectivity index (χ0v) is 12.0. The van der Waals surface area contributed by atoms with Crippen molar-refractivity contribution in [3.63, 3.8) is 0 Å². The molecule has 2 heterocycles. The van der Waals surface area contributed by atoms with Crippen LogP contribution < -0.4 is 4.90 Å². The van der Waals surface area contributed by atoms with Gasteiger partial charge in [-0.2, -0.15) is 0 Å². The fraction of sp³-hybridized carbons (Fsp3) is 0.714. The van der Waals surface area contributed by atoms with Gasteiger partial charge in [-0.3, -0.25) is 4.98 Å². The number of rotatable bonds is 3. The second kappa shape index (κ2) is 6.37. The van der Waals surface area contributed by atoms with Crippen molar-refractivity contribution in [1.29, 1.82) is 0 Å². The molecule has 0 N–H and O–H groups in total. The first-order valence-corrected chi connectivity index (χ1v) is 7.36. The molecule has 1 aromatic rings. The third-order valence-electron chi connectivity index (χ3n) is 3.87. The maximum Gasteiger partial charge on any atom is 0.147 e. The summed E-state index contributed by atoms with van der Waals surface area (Å²) in [4.78, 5) is 11.1. The average molecular weight is 268 g/mol. The number of nitrogens with zero attached hydrogens (tertiary/aromatic N) is 3.